The topological polar surface area (TPSA) is 50.2 Å². The Morgan fingerprint density at radius 2 is 1.79 bits per heavy atom. The third-order valence-electron chi connectivity index (χ3n) is 1.73. The highest BCUT2D eigenvalue weighted by atomic mass is 16.3. The third kappa shape index (κ3) is 7.29. The molecule has 0 aliphatic carbocycles. The molecule has 0 saturated heterocycles. The lowest BCUT2D eigenvalue weighted by Gasteiger charge is -2.29. The fourth-order valence-electron chi connectivity index (χ4n) is 1.27. The van der Waals surface area contributed by atoms with Gasteiger partial charge >= 0.3 is 7.48 Å². The van der Waals surface area contributed by atoms with E-state index < -0.39 is 0 Å². The summed E-state index contributed by atoms with van der Waals surface area (Å²) in [4.78, 5) is 6.12. The molecule has 0 aliphatic rings. The van der Waals surface area contributed by atoms with Gasteiger partial charge in [0, 0.05) is 13.0 Å². The first-order valence-electron chi connectivity index (χ1n) is 4.72. The number of aliphatic hydroxyl groups is 1. The highest BCUT2D eigenvalue weighted by Gasteiger charge is 2.08. The van der Waals surface area contributed by atoms with E-state index in [-0.39, 0.29) is 6.61 Å². The van der Waals surface area contributed by atoms with Gasteiger partial charge in [-0.3, -0.25) is 14.7 Å². The molecule has 6 heteroatoms. The Labute approximate surface area is 87.2 Å². The Hall–Kier alpha value is -0.135. The van der Waals surface area contributed by atoms with Crippen molar-refractivity contribution in [1.82, 2.24) is 14.7 Å². The minimum absolute atomic E-state index is 0.157. The molecule has 0 aliphatic heterocycles. The molecule has 0 atom stereocenters. The maximum Gasteiger partial charge on any atom is 0.302 e. The first-order valence-corrected chi connectivity index (χ1v) is 4.72. The van der Waals surface area contributed by atoms with Gasteiger partial charge < -0.3 is 10.1 Å². The van der Waals surface area contributed by atoms with Gasteiger partial charge in [0.2, 0.25) is 0 Å². The van der Waals surface area contributed by atoms with Crippen LogP contribution >= 0.6 is 0 Å². The summed E-state index contributed by atoms with van der Waals surface area (Å²) in [6, 6.07) is 0. The molecule has 5 nitrogen and oxygen atoms in total. The average molecular weight is 202 g/mol. The molecular formula is C8H21BN3O2. The Morgan fingerprint density at radius 3 is 2.21 bits per heavy atom. The van der Waals surface area contributed by atoms with Crippen LogP contribution in [0.5, 0.6) is 0 Å². The van der Waals surface area contributed by atoms with Gasteiger partial charge in [-0.2, -0.15) is 0 Å². The quantitative estimate of drug-likeness (QED) is 0.361. The van der Waals surface area contributed by atoms with E-state index in [1.807, 2.05) is 30.9 Å². The monoisotopic (exact) mass is 202 g/mol. The number of hydrogen-bond acceptors (Lipinski definition) is 5. The lowest BCUT2D eigenvalue weighted by molar-refractivity contribution is 0.0920. The summed E-state index contributed by atoms with van der Waals surface area (Å²) in [5.74, 6) is 0. The molecule has 0 spiro atoms. The third-order valence-corrected chi connectivity index (χ3v) is 1.73. The zero-order chi connectivity index (χ0) is 11.0. The van der Waals surface area contributed by atoms with E-state index in [0.29, 0.717) is 13.0 Å². The molecule has 1 radical (unpaired) electrons. The second kappa shape index (κ2) is 8.20. The highest BCUT2D eigenvalue weighted by molar-refractivity contribution is 6.25. The van der Waals surface area contributed by atoms with Gasteiger partial charge in [0.1, 0.15) is 0 Å². The van der Waals surface area contributed by atoms with Gasteiger partial charge in [0.05, 0.1) is 19.9 Å². The zero-order valence-corrected chi connectivity index (χ0v) is 9.35. The maximum absolute atomic E-state index is 8.86. The molecule has 0 fully saturated rings. The predicted octanol–water partition coefficient (Wildman–Crippen LogP) is -1.74. The molecule has 0 unspecified atom stereocenters. The molecule has 0 saturated carbocycles. The minimum atomic E-state index is 0.157. The van der Waals surface area contributed by atoms with Crippen LogP contribution in [0.2, 0.25) is 0 Å². The molecule has 0 heterocycles. The lowest BCUT2D eigenvalue weighted by Crippen LogP contribution is -2.43. The van der Waals surface area contributed by atoms with Gasteiger partial charge in [-0.05, 0) is 21.1 Å². The van der Waals surface area contributed by atoms with Crippen molar-refractivity contribution in [2.45, 2.75) is 0 Å². The summed E-state index contributed by atoms with van der Waals surface area (Å²) in [7, 11) is 7.03. The molecule has 0 aromatic rings. The molecule has 14 heavy (non-hydrogen) atoms. The number of rotatable bonds is 8. The standard InChI is InChI=1S/C8H21BN3O2/c1-10(2)7-12(4-5-13)8-11(3)6-9-14/h13-14H,4-8H2,1-3H3. The largest absolute Gasteiger partial charge is 0.453 e. The maximum atomic E-state index is 8.86. The van der Waals surface area contributed by atoms with E-state index in [1.54, 1.807) is 0 Å². The van der Waals surface area contributed by atoms with Crippen LogP contribution < -0.4 is 0 Å². The molecule has 2 N–H and O–H groups in total. The Morgan fingerprint density at radius 1 is 1.14 bits per heavy atom. The van der Waals surface area contributed by atoms with Crippen LogP contribution in [-0.4, -0.2) is 86.4 Å². The van der Waals surface area contributed by atoms with Crippen molar-refractivity contribution in [3.05, 3.63) is 0 Å². The predicted molar refractivity (Wildman–Crippen MR) is 57.8 cm³/mol. The lowest BCUT2D eigenvalue weighted by atomic mass is 10.0. The van der Waals surface area contributed by atoms with E-state index in [9.17, 15) is 0 Å². The zero-order valence-electron chi connectivity index (χ0n) is 9.35. The van der Waals surface area contributed by atoms with Gasteiger partial charge in [-0.1, -0.05) is 0 Å². The van der Waals surface area contributed by atoms with E-state index in [2.05, 4.69) is 4.90 Å². The molecule has 0 aromatic heterocycles. The van der Waals surface area contributed by atoms with Crippen molar-refractivity contribution in [2.75, 3.05) is 54.1 Å². The van der Waals surface area contributed by atoms with Gasteiger partial charge in [-0.25, -0.2) is 0 Å². The smallest absolute Gasteiger partial charge is 0.302 e. The van der Waals surface area contributed by atoms with Crippen molar-refractivity contribution in [3.63, 3.8) is 0 Å². The van der Waals surface area contributed by atoms with Crippen LogP contribution in [0.15, 0.2) is 0 Å². The molecule has 0 aromatic carbocycles. The van der Waals surface area contributed by atoms with Crippen molar-refractivity contribution in [2.24, 2.45) is 0 Å². The fraction of sp³-hybridized carbons (Fsp3) is 1.00. The SMILES string of the molecule is CN(C)CN(CCO)CN(C)C[B]O. The van der Waals surface area contributed by atoms with Gasteiger partial charge in [0.25, 0.3) is 0 Å². The van der Waals surface area contributed by atoms with Crippen LogP contribution in [0.25, 0.3) is 0 Å². The van der Waals surface area contributed by atoms with E-state index in [1.165, 1.54) is 0 Å². The molecular weight excluding hydrogens is 181 g/mol. The van der Waals surface area contributed by atoms with Crippen LogP contribution in [0.3, 0.4) is 0 Å². The van der Waals surface area contributed by atoms with Crippen molar-refractivity contribution < 1.29 is 10.1 Å². The van der Waals surface area contributed by atoms with E-state index in [4.69, 9.17) is 10.1 Å². The summed E-state index contributed by atoms with van der Waals surface area (Å²) in [6.07, 6.45) is 0.537. The van der Waals surface area contributed by atoms with Crippen molar-refractivity contribution in [1.29, 1.82) is 0 Å². The van der Waals surface area contributed by atoms with Crippen LogP contribution in [0, 0.1) is 0 Å². The van der Waals surface area contributed by atoms with E-state index in [0.717, 1.165) is 20.8 Å². The Bertz CT molecular complexity index is 138. The summed E-state index contributed by atoms with van der Waals surface area (Å²) in [6.45, 7) is 2.34. The van der Waals surface area contributed by atoms with Crippen molar-refractivity contribution >= 4 is 7.48 Å². The number of aliphatic hydroxyl groups excluding tert-OH is 1. The number of hydrogen-bond donors (Lipinski definition) is 2. The molecule has 0 amide bonds. The van der Waals surface area contributed by atoms with Crippen molar-refractivity contribution in [3.8, 4) is 0 Å². The normalized spacial score (nSPS) is 11.7. The van der Waals surface area contributed by atoms with Crippen LogP contribution in [0.4, 0.5) is 0 Å². The number of nitrogens with zero attached hydrogens (tertiary/aromatic N) is 3. The van der Waals surface area contributed by atoms with Crippen LogP contribution in [-0.2, 0) is 0 Å². The average Bonchev–Trinajstić information content (AvgIpc) is 2.03. The Kier molecular flexibility index (Phi) is 8.12. The minimum Gasteiger partial charge on any atom is -0.453 e. The summed E-state index contributed by atoms with van der Waals surface area (Å²) < 4.78 is 0. The molecule has 83 valence electrons. The summed E-state index contributed by atoms with van der Waals surface area (Å²) in [5, 5.41) is 17.5. The van der Waals surface area contributed by atoms with Crippen LogP contribution in [0.1, 0.15) is 0 Å². The second-order valence-electron chi connectivity index (χ2n) is 3.70. The van der Waals surface area contributed by atoms with E-state index >= 15 is 0 Å². The Balaban J connectivity index is 3.81. The second-order valence-corrected chi connectivity index (χ2v) is 3.70. The molecule has 0 bridgehead atoms. The van der Waals surface area contributed by atoms with Gasteiger partial charge in [0.15, 0.2) is 0 Å². The molecule has 0 rings (SSSR count). The fourth-order valence-corrected chi connectivity index (χ4v) is 1.27. The highest BCUT2D eigenvalue weighted by Crippen LogP contribution is 1.92. The first kappa shape index (κ1) is 13.9. The summed E-state index contributed by atoms with van der Waals surface area (Å²) in [5.41, 5.74) is 0. The van der Waals surface area contributed by atoms with Gasteiger partial charge in [-0.15, -0.1) is 0 Å². The first-order chi connectivity index (χ1) is 6.60. The summed E-state index contributed by atoms with van der Waals surface area (Å²) >= 11 is 0.